The average Bonchev–Trinajstić information content (AvgIpc) is 2.47. The molecule has 2 bridgehead atoms. The lowest BCUT2D eigenvalue weighted by molar-refractivity contribution is -0.120. The van der Waals surface area contributed by atoms with Crippen molar-refractivity contribution >= 4 is 0 Å². The molecule has 0 aromatic carbocycles. The van der Waals surface area contributed by atoms with Crippen LogP contribution in [0.3, 0.4) is 0 Å². The van der Waals surface area contributed by atoms with Crippen LogP contribution in [-0.4, -0.2) is 45.4 Å². The molecule has 2 aliphatic heterocycles. The molecule has 2 atom stereocenters. The topological polar surface area (TPSA) is 43.7 Å². The highest BCUT2D eigenvalue weighted by Crippen LogP contribution is 2.45. The number of nitrogens with zero attached hydrogens (tertiary/aromatic N) is 1. The zero-order chi connectivity index (χ0) is 12.9. The highest BCUT2D eigenvalue weighted by molar-refractivity contribution is 5.03. The normalized spacial score (nSPS) is 48.5. The van der Waals surface area contributed by atoms with E-state index in [1.807, 2.05) is 0 Å². The zero-order valence-corrected chi connectivity index (χ0v) is 11.7. The van der Waals surface area contributed by atoms with Gasteiger partial charge in [0, 0.05) is 18.6 Å². The summed E-state index contributed by atoms with van der Waals surface area (Å²) in [5, 5.41) is 20.4. The second kappa shape index (κ2) is 4.46. The lowest BCUT2D eigenvalue weighted by Gasteiger charge is -2.50. The third-order valence-corrected chi connectivity index (χ3v) is 5.56. The van der Waals surface area contributed by atoms with Crippen LogP contribution in [-0.2, 0) is 0 Å². The second-order valence-electron chi connectivity index (χ2n) is 7.32. The predicted octanol–water partition coefficient (Wildman–Crippen LogP) is 1.77. The van der Waals surface area contributed by atoms with E-state index in [-0.39, 0.29) is 6.10 Å². The first-order chi connectivity index (χ1) is 8.47. The molecule has 3 fully saturated rings. The summed E-state index contributed by atoms with van der Waals surface area (Å²) in [4.78, 5) is 2.50. The summed E-state index contributed by atoms with van der Waals surface area (Å²) in [7, 11) is 0. The van der Waals surface area contributed by atoms with Crippen LogP contribution in [0.1, 0.15) is 52.4 Å². The maximum absolute atomic E-state index is 10.6. The third-order valence-electron chi connectivity index (χ3n) is 5.56. The van der Waals surface area contributed by atoms with Crippen LogP contribution in [0.25, 0.3) is 0 Å². The molecule has 2 N–H and O–H groups in total. The van der Waals surface area contributed by atoms with Gasteiger partial charge in [-0.2, -0.15) is 0 Å². The fourth-order valence-electron chi connectivity index (χ4n) is 4.36. The first kappa shape index (κ1) is 12.9. The van der Waals surface area contributed by atoms with E-state index in [0.29, 0.717) is 23.9 Å². The van der Waals surface area contributed by atoms with Gasteiger partial charge in [-0.3, -0.25) is 4.90 Å². The standard InChI is InChI=1S/C15H27NO2/c1-10(2)11-7-15(18,8-11)9-16-12-3-4-13(16)6-14(17)5-12/h10-14,17-18H,3-9H2,1-2H3. The number of hydrogen-bond acceptors (Lipinski definition) is 3. The van der Waals surface area contributed by atoms with Gasteiger partial charge in [-0.05, 0) is 50.4 Å². The van der Waals surface area contributed by atoms with E-state index in [0.717, 1.165) is 32.2 Å². The smallest absolute Gasteiger partial charge is 0.0779 e. The molecular formula is C15H27NO2. The average molecular weight is 253 g/mol. The Labute approximate surface area is 110 Å². The molecule has 3 aliphatic rings. The van der Waals surface area contributed by atoms with Crippen LogP contribution in [0.5, 0.6) is 0 Å². The van der Waals surface area contributed by atoms with Crippen molar-refractivity contribution in [3.05, 3.63) is 0 Å². The van der Waals surface area contributed by atoms with Gasteiger partial charge in [0.25, 0.3) is 0 Å². The fraction of sp³-hybridized carbons (Fsp3) is 1.00. The fourth-order valence-corrected chi connectivity index (χ4v) is 4.36. The van der Waals surface area contributed by atoms with Crippen molar-refractivity contribution in [2.75, 3.05) is 6.54 Å². The molecule has 0 aromatic rings. The molecule has 18 heavy (non-hydrogen) atoms. The van der Waals surface area contributed by atoms with Crippen molar-refractivity contribution in [2.24, 2.45) is 11.8 Å². The van der Waals surface area contributed by atoms with Gasteiger partial charge < -0.3 is 10.2 Å². The molecule has 3 nitrogen and oxygen atoms in total. The van der Waals surface area contributed by atoms with E-state index in [9.17, 15) is 10.2 Å². The quantitative estimate of drug-likeness (QED) is 0.805. The number of rotatable bonds is 3. The maximum Gasteiger partial charge on any atom is 0.0779 e. The van der Waals surface area contributed by atoms with Gasteiger partial charge in [-0.15, -0.1) is 0 Å². The third kappa shape index (κ3) is 2.21. The number of aliphatic hydroxyl groups excluding tert-OH is 1. The van der Waals surface area contributed by atoms with Gasteiger partial charge in [-0.1, -0.05) is 13.8 Å². The second-order valence-corrected chi connectivity index (χ2v) is 7.32. The minimum absolute atomic E-state index is 0.0989. The molecule has 104 valence electrons. The Morgan fingerprint density at radius 1 is 1.17 bits per heavy atom. The Kier molecular flexibility index (Phi) is 3.20. The minimum Gasteiger partial charge on any atom is -0.393 e. The summed E-state index contributed by atoms with van der Waals surface area (Å²) in [6.07, 6.45) is 6.11. The first-order valence-corrected chi connectivity index (χ1v) is 7.63. The minimum atomic E-state index is -0.432. The van der Waals surface area contributed by atoms with Gasteiger partial charge in [0.05, 0.1) is 11.7 Å². The van der Waals surface area contributed by atoms with Gasteiger partial charge in [0.15, 0.2) is 0 Å². The molecule has 0 radical (unpaired) electrons. The largest absolute Gasteiger partial charge is 0.393 e. The Hall–Kier alpha value is -0.120. The summed E-state index contributed by atoms with van der Waals surface area (Å²) in [5.74, 6) is 1.41. The molecule has 2 saturated heterocycles. The predicted molar refractivity (Wildman–Crippen MR) is 71.3 cm³/mol. The molecule has 0 spiro atoms. The van der Waals surface area contributed by atoms with Crippen LogP contribution in [0.2, 0.25) is 0 Å². The van der Waals surface area contributed by atoms with E-state index in [2.05, 4.69) is 18.7 Å². The Morgan fingerprint density at radius 3 is 2.22 bits per heavy atom. The van der Waals surface area contributed by atoms with Gasteiger partial charge in [0.1, 0.15) is 0 Å². The van der Waals surface area contributed by atoms with E-state index in [1.54, 1.807) is 0 Å². The van der Waals surface area contributed by atoms with Crippen molar-refractivity contribution in [1.29, 1.82) is 0 Å². The van der Waals surface area contributed by atoms with E-state index < -0.39 is 5.60 Å². The zero-order valence-electron chi connectivity index (χ0n) is 11.7. The summed E-state index contributed by atoms with van der Waals surface area (Å²) < 4.78 is 0. The number of fused-ring (bicyclic) bond motifs is 2. The molecule has 2 heterocycles. The lowest BCUT2D eigenvalue weighted by atomic mass is 9.66. The van der Waals surface area contributed by atoms with Crippen LogP contribution >= 0.6 is 0 Å². The highest BCUT2D eigenvalue weighted by Gasteiger charge is 2.49. The lowest BCUT2D eigenvalue weighted by Crippen LogP contribution is -2.57. The van der Waals surface area contributed by atoms with Gasteiger partial charge in [-0.25, -0.2) is 0 Å². The number of hydrogen-bond donors (Lipinski definition) is 2. The van der Waals surface area contributed by atoms with E-state index in [4.69, 9.17) is 0 Å². The maximum atomic E-state index is 10.6. The first-order valence-electron chi connectivity index (χ1n) is 7.63. The SMILES string of the molecule is CC(C)C1CC(O)(CN2C3CCC2CC(O)C3)C1. The molecule has 1 saturated carbocycles. The van der Waals surface area contributed by atoms with Crippen LogP contribution in [0.4, 0.5) is 0 Å². The Morgan fingerprint density at radius 2 is 1.72 bits per heavy atom. The summed E-state index contributed by atoms with van der Waals surface area (Å²) in [5.41, 5.74) is -0.432. The van der Waals surface area contributed by atoms with Crippen molar-refractivity contribution in [2.45, 2.75) is 76.2 Å². The van der Waals surface area contributed by atoms with Crippen molar-refractivity contribution < 1.29 is 10.2 Å². The Bertz CT molecular complexity index is 298. The van der Waals surface area contributed by atoms with Crippen molar-refractivity contribution in [3.8, 4) is 0 Å². The van der Waals surface area contributed by atoms with Crippen LogP contribution in [0.15, 0.2) is 0 Å². The number of piperidine rings is 1. The van der Waals surface area contributed by atoms with Crippen LogP contribution in [0, 0.1) is 11.8 Å². The Balaban J connectivity index is 1.58. The van der Waals surface area contributed by atoms with E-state index >= 15 is 0 Å². The molecule has 1 aliphatic carbocycles. The van der Waals surface area contributed by atoms with E-state index in [1.165, 1.54) is 12.8 Å². The molecule has 2 unspecified atom stereocenters. The molecule has 0 amide bonds. The monoisotopic (exact) mass is 253 g/mol. The summed E-state index contributed by atoms with van der Waals surface area (Å²) >= 11 is 0. The van der Waals surface area contributed by atoms with Gasteiger partial charge in [0.2, 0.25) is 0 Å². The number of aliphatic hydroxyl groups is 2. The summed E-state index contributed by atoms with van der Waals surface area (Å²) in [6.45, 7) is 5.36. The molecule has 3 rings (SSSR count). The molecule has 0 aromatic heterocycles. The van der Waals surface area contributed by atoms with Crippen molar-refractivity contribution in [1.82, 2.24) is 4.90 Å². The molecule has 3 heteroatoms. The highest BCUT2D eigenvalue weighted by atomic mass is 16.3. The van der Waals surface area contributed by atoms with Crippen molar-refractivity contribution in [3.63, 3.8) is 0 Å². The van der Waals surface area contributed by atoms with Crippen LogP contribution < -0.4 is 0 Å². The summed E-state index contributed by atoms with van der Waals surface area (Å²) in [6, 6.07) is 1.06. The molecular weight excluding hydrogens is 226 g/mol. The van der Waals surface area contributed by atoms with Gasteiger partial charge >= 0.3 is 0 Å².